The van der Waals surface area contributed by atoms with Gasteiger partial charge in [-0.05, 0) is 12.8 Å². The van der Waals surface area contributed by atoms with Crippen LogP contribution < -0.4 is 17.2 Å². The maximum atomic E-state index is 12.3. The van der Waals surface area contributed by atoms with Crippen LogP contribution in [0.5, 0.6) is 0 Å². The van der Waals surface area contributed by atoms with Gasteiger partial charge in [-0.1, -0.05) is 83.3 Å². The van der Waals surface area contributed by atoms with Crippen LogP contribution in [0.1, 0.15) is 90.4 Å². The maximum absolute atomic E-state index is 12.3. The molecule has 31 nitrogen and oxygen atoms in total. The molecule has 5 aliphatic heterocycles. The summed E-state index contributed by atoms with van der Waals surface area (Å²) in [5.74, 6) is -2.96. The molecule has 5 heterocycles. The lowest BCUT2D eigenvalue weighted by atomic mass is 9.91. The van der Waals surface area contributed by atoms with E-state index in [9.17, 15) is 86.5 Å². The van der Waals surface area contributed by atoms with Gasteiger partial charge in [-0.25, -0.2) is 0 Å². The normalized spacial score (nSPS) is 41.7. The van der Waals surface area contributed by atoms with Crippen molar-refractivity contribution in [2.75, 3.05) is 39.6 Å². The van der Waals surface area contributed by atoms with Crippen molar-refractivity contribution in [2.45, 2.75) is 262 Å². The lowest BCUT2D eigenvalue weighted by Gasteiger charge is -2.52. The lowest BCUT2D eigenvalue weighted by Crippen LogP contribution is -2.71. The van der Waals surface area contributed by atoms with Crippen molar-refractivity contribution >= 4 is 6.47 Å². The smallest absolute Gasteiger partial charge is 0.332 e. The van der Waals surface area contributed by atoms with Gasteiger partial charge in [0.1, 0.15) is 110 Å². The van der Waals surface area contributed by atoms with Gasteiger partial charge in [0.05, 0.1) is 76.4 Å². The largest absolute Gasteiger partial charge is 0.410 e. The monoisotopic (exact) mass is 1200 g/mol. The second-order valence-corrected chi connectivity index (χ2v) is 21.6. The molecule has 0 aromatic rings. The summed E-state index contributed by atoms with van der Waals surface area (Å²) in [5, 5.41) is 172. The van der Waals surface area contributed by atoms with Gasteiger partial charge in [-0.2, -0.15) is 0 Å². The Morgan fingerprint density at radius 3 is 1.68 bits per heavy atom. The fourth-order valence-electron chi connectivity index (χ4n) is 10.5. The number of carbonyl (C=O) groups is 1. The first-order valence-corrected chi connectivity index (χ1v) is 28.3. The molecule has 0 aromatic carbocycles. The summed E-state index contributed by atoms with van der Waals surface area (Å²) in [6.45, 7) is -3.45. The topological polar surface area (TPSA) is 520 Å². The standard InChI is InChI=1S/C51H93N3O28/c1-2-3-4-5-6-7-8-9-10-11-12-13-14-15-25(61)24(52)22-72-48-40(70)38(68)42(30(20-58)76-48)78-50-41(71)46(82-51(73-23-60)16-26(62)32(53)45(81-51)34(64)27(63)17-55)43(31(21-59)77-50)79-47-33(54)44(36(66)29(19-57)74-47)80-49-39(69)37(67)35(65)28(18-56)75-49/h14-15,23-50,55-59,61-71H,2-13,16-22,52-54H2,1H3/b15-14+/t24-,25+,26+,27+,28?,29?,30?,31?,32+,33?,34+,35-,36-,37-,38+,39?,40?,41?,42+,43-,44+,45?,46+,47-,48+,49-,50-,51-/m0/s1. The van der Waals surface area contributed by atoms with E-state index in [-0.39, 0.29) is 6.47 Å². The third-order valence-electron chi connectivity index (χ3n) is 15.5. The zero-order valence-corrected chi connectivity index (χ0v) is 46.0. The van der Waals surface area contributed by atoms with E-state index in [1.807, 2.05) is 6.08 Å². The molecular weight excluding hydrogens is 1100 g/mol. The molecule has 0 saturated carbocycles. The zero-order valence-electron chi connectivity index (χ0n) is 46.0. The number of hydrogen-bond acceptors (Lipinski definition) is 31. The molecule has 0 amide bonds. The summed E-state index contributed by atoms with van der Waals surface area (Å²) in [4.78, 5) is 12.2. The third kappa shape index (κ3) is 18.3. The Morgan fingerprint density at radius 2 is 1.09 bits per heavy atom. The van der Waals surface area contributed by atoms with Crippen LogP contribution in [0.3, 0.4) is 0 Å². The van der Waals surface area contributed by atoms with Crippen molar-refractivity contribution < 1.29 is 139 Å². The highest BCUT2D eigenvalue weighted by Crippen LogP contribution is 2.40. The van der Waals surface area contributed by atoms with Crippen LogP contribution in [0, 0.1) is 0 Å². The SMILES string of the molecule is CCCCCCCCCCCCC/C=C/[C@@H](O)[C@@H](N)CO[C@@H]1OC(CO)[C@@H](O[C@@H]2OC(CO)[C@H](O[C@@H]3OC(CO)[C@H](O)[C@H](O[C@@H]4OC(CO)[C@H](O)[C@H](O)C4O)C3N)[C@H](O[C@]3(OC=O)C[C@@H](O)[C@@H](N)C([C@H](O)[C@H](O)CO)O3)C2O)[C@H](O)C1O. The number of aliphatic hydroxyl groups excluding tert-OH is 16. The van der Waals surface area contributed by atoms with Gasteiger partial charge in [-0.3, -0.25) is 4.79 Å². The van der Waals surface area contributed by atoms with Crippen molar-refractivity contribution in [3.8, 4) is 0 Å². The quantitative estimate of drug-likeness (QED) is 0.0123. The Morgan fingerprint density at radius 1 is 0.573 bits per heavy atom. The van der Waals surface area contributed by atoms with Crippen LogP contribution >= 0.6 is 0 Å². The fraction of sp³-hybridized carbons (Fsp3) is 0.941. The molecule has 0 spiro atoms. The molecule has 31 heteroatoms. The van der Waals surface area contributed by atoms with Crippen molar-refractivity contribution in [2.24, 2.45) is 17.2 Å². The summed E-state index contributed by atoms with van der Waals surface area (Å²) in [7, 11) is 0. The van der Waals surface area contributed by atoms with E-state index >= 15 is 0 Å². The Kier molecular flexibility index (Phi) is 29.8. The van der Waals surface area contributed by atoms with Crippen LogP contribution in [0.2, 0.25) is 0 Å². The number of aliphatic hydroxyl groups is 16. The van der Waals surface area contributed by atoms with Gasteiger partial charge in [0, 0.05) is 0 Å². The summed E-state index contributed by atoms with van der Waals surface area (Å²) < 4.78 is 63.9. The van der Waals surface area contributed by atoms with Crippen molar-refractivity contribution in [3.05, 3.63) is 12.2 Å². The predicted molar refractivity (Wildman–Crippen MR) is 275 cm³/mol. The molecular formula is C51H93N3O28. The zero-order chi connectivity index (χ0) is 60.4. The summed E-state index contributed by atoms with van der Waals surface area (Å²) in [6.07, 6.45) is -29.2. The van der Waals surface area contributed by atoms with E-state index in [2.05, 4.69) is 6.92 Å². The molecule has 22 N–H and O–H groups in total. The Bertz CT molecular complexity index is 1820. The lowest BCUT2D eigenvalue weighted by molar-refractivity contribution is -0.451. The van der Waals surface area contributed by atoms with E-state index in [0.29, 0.717) is 6.42 Å². The van der Waals surface area contributed by atoms with Crippen LogP contribution in [0.15, 0.2) is 12.2 Å². The molecule has 28 atom stereocenters. The molecule has 0 aromatic heterocycles. The maximum Gasteiger partial charge on any atom is 0.332 e. The number of unbranched alkanes of at least 4 members (excludes halogenated alkanes) is 11. The highest BCUT2D eigenvalue weighted by atomic mass is 16.9. The molecule has 0 radical (unpaired) electrons. The minimum absolute atomic E-state index is 0.241. The first-order valence-electron chi connectivity index (χ1n) is 28.3. The third-order valence-corrected chi connectivity index (χ3v) is 15.5. The first kappa shape index (κ1) is 70.8. The summed E-state index contributed by atoms with van der Waals surface area (Å²) >= 11 is 0. The van der Waals surface area contributed by atoms with Crippen LogP contribution in [0.4, 0.5) is 0 Å². The molecule has 5 aliphatic rings. The van der Waals surface area contributed by atoms with Crippen molar-refractivity contribution in [3.63, 3.8) is 0 Å². The van der Waals surface area contributed by atoms with Crippen LogP contribution in [0.25, 0.3) is 0 Å². The number of ether oxygens (including phenoxy) is 11. The number of hydrogen-bond donors (Lipinski definition) is 19. The number of allylic oxidation sites excluding steroid dienone is 1. The molecule has 5 saturated heterocycles. The highest BCUT2D eigenvalue weighted by Gasteiger charge is 2.60. The molecule has 0 aliphatic carbocycles. The van der Waals surface area contributed by atoms with Crippen LogP contribution in [-0.4, -0.2) is 299 Å². The van der Waals surface area contributed by atoms with Gasteiger partial charge in [-0.15, -0.1) is 0 Å². The molecule has 5 fully saturated rings. The summed E-state index contributed by atoms with van der Waals surface area (Å²) in [5.41, 5.74) is 18.9. The molecule has 5 rings (SSSR count). The Balaban J connectivity index is 1.34. The van der Waals surface area contributed by atoms with Crippen molar-refractivity contribution in [1.82, 2.24) is 0 Å². The fourth-order valence-corrected chi connectivity index (χ4v) is 10.5. The summed E-state index contributed by atoms with van der Waals surface area (Å²) in [6, 6.07) is -4.39. The number of nitrogens with two attached hydrogens (primary N) is 3. The van der Waals surface area contributed by atoms with E-state index in [0.717, 1.165) is 19.3 Å². The van der Waals surface area contributed by atoms with Gasteiger partial charge in [0.2, 0.25) is 0 Å². The van der Waals surface area contributed by atoms with Gasteiger partial charge in [0.15, 0.2) is 25.2 Å². The minimum Gasteiger partial charge on any atom is -0.410 e. The molecule has 480 valence electrons. The average Bonchev–Trinajstić information content (AvgIpc) is 3.20. The molecule has 0 bridgehead atoms. The van der Waals surface area contributed by atoms with E-state index < -0.39 is 217 Å². The highest BCUT2D eigenvalue weighted by molar-refractivity contribution is 5.37. The first-order chi connectivity index (χ1) is 39.2. The predicted octanol–water partition coefficient (Wildman–Crippen LogP) is -7.77. The number of carbonyl (C=O) groups excluding carboxylic acids is 1. The second kappa shape index (κ2) is 34.6. The Hall–Kier alpha value is -1.95. The van der Waals surface area contributed by atoms with E-state index in [1.54, 1.807) is 0 Å². The Labute approximate surface area is 474 Å². The molecule has 82 heavy (non-hydrogen) atoms. The van der Waals surface area contributed by atoms with Crippen molar-refractivity contribution in [1.29, 1.82) is 0 Å². The average molecular weight is 1200 g/mol. The number of rotatable bonds is 34. The minimum atomic E-state index is -2.96. The second-order valence-electron chi connectivity index (χ2n) is 21.6. The van der Waals surface area contributed by atoms with E-state index in [4.69, 9.17) is 69.3 Å². The van der Waals surface area contributed by atoms with Crippen LogP contribution in [-0.2, 0) is 56.9 Å². The van der Waals surface area contributed by atoms with E-state index in [1.165, 1.54) is 57.4 Å². The van der Waals surface area contributed by atoms with Gasteiger partial charge < -0.3 is 151 Å². The van der Waals surface area contributed by atoms with Gasteiger partial charge in [0.25, 0.3) is 6.47 Å². The molecule has 9 unspecified atom stereocenters. The van der Waals surface area contributed by atoms with Gasteiger partial charge >= 0.3 is 5.97 Å².